The summed E-state index contributed by atoms with van der Waals surface area (Å²) in [5.74, 6) is 0.534. The molecule has 0 unspecified atom stereocenters. The molecule has 2 nitrogen and oxygen atoms in total. The molecule has 2 heteroatoms. The van der Waals surface area contributed by atoms with Crippen molar-refractivity contribution >= 4 is 0 Å². The van der Waals surface area contributed by atoms with E-state index in [0.29, 0.717) is 5.92 Å². The predicted octanol–water partition coefficient (Wildman–Crippen LogP) is 4.21. The van der Waals surface area contributed by atoms with Gasteiger partial charge in [-0.15, -0.1) is 0 Å². The van der Waals surface area contributed by atoms with Crippen molar-refractivity contribution in [1.82, 2.24) is 0 Å². The highest BCUT2D eigenvalue weighted by molar-refractivity contribution is 5.43. The summed E-state index contributed by atoms with van der Waals surface area (Å²) in [7, 11) is 0. The van der Waals surface area contributed by atoms with Crippen molar-refractivity contribution in [3.8, 4) is 0 Å². The van der Waals surface area contributed by atoms with E-state index in [9.17, 15) is 0 Å². The summed E-state index contributed by atoms with van der Waals surface area (Å²) >= 11 is 0. The lowest BCUT2D eigenvalue weighted by molar-refractivity contribution is -0.141. The zero-order valence-electron chi connectivity index (χ0n) is 12.5. The number of rotatable bonds is 0. The molecule has 2 aliphatic carbocycles. The van der Waals surface area contributed by atoms with Crippen molar-refractivity contribution in [2.24, 2.45) is 5.41 Å². The fourth-order valence-electron chi connectivity index (χ4n) is 4.39. The molecule has 0 bridgehead atoms. The first-order valence-electron chi connectivity index (χ1n) is 7.97. The summed E-state index contributed by atoms with van der Waals surface area (Å²) in [6.45, 7) is 6.09. The molecule has 1 aromatic rings. The zero-order chi connectivity index (χ0) is 13.8. The molecule has 3 aliphatic rings. The van der Waals surface area contributed by atoms with E-state index in [2.05, 4.69) is 38.1 Å². The summed E-state index contributed by atoms with van der Waals surface area (Å²) in [6, 6.07) is 8.85. The molecule has 0 amide bonds. The van der Waals surface area contributed by atoms with Gasteiger partial charge in [0.05, 0.1) is 13.2 Å². The minimum Gasteiger partial charge on any atom is -0.371 e. The van der Waals surface area contributed by atoms with Crippen LogP contribution in [-0.2, 0) is 9.47 Å². The Morgan fingerprint density at radius 1 is 1.05 bits per heavy atom. The Bertz CT molecular complexity index is 522. The third-order valence-electron chi connectivity index (χ3n) is 5.37. The molecule has 1 aromatic carbocycles. The highest BCUT2D eigenvalue weighted by Crippen LogP contribution is 2.59. The van der Waals surface area contributed by atoms with Crippen LogP contribution in [0.1, 0.15) is 62.7 Å². The second kappa shape index (κ2) is 4.32. The number of ether oxygens (including phenoxy) is 2. The maximum Gasteiger partial charge on any atom is 0.112 e. The molecule has 3 atom stereocenters. The van der Waals surface area contributed by atoms with Gasteiger partial charge in [0, 0.05) is 11.3 Å². The molecule has 1 saturated carbocycles. The van der Waals surface area contributed by atoms with Crippen molar-refractivity contribution in [3.05, 3.63) is 35.4 Å². The molecule has 2 fully saturated rings. The fourth-order valence-corrected chi connectivity index (χ4v) is 4.39. The largest absolute Gasteiger partial charge is 0.371 e. The lowest BCUT2D eigenvalue weighted by Gasteiger charge is -2.42. The van der Waals surface area contributed by atoms with E-state index in [0.717, 1.165) is 19.6 Å². The Labute approximate surface area is 121 Å². The number of hydrogen-bond acceptors (Lipinski definition) is 2. The molecule has 0 N–H and O–H groups in total. The van der Waals surface area contributed by atoms with Crippen LogP contribution in [0.2, 0.25) is 0 Å². The van der Waals surface area contributed by atoms with Gasteiger partial charge in [-0.25, -0.2) is 0 Å². The Balaban J connectivity index is 1.82. The maximum absolute atomic E-state index is 6.59. The number of fused-ring (bicyclic) bond motifs is 3. The minimum atomic E-state index is -0.0876. The molecule has 108 valence electrons. The lowest BCUT2D eigenvalue weighted by Crippen LogP contribution is -2.43. The van der Waals surface area contributed by atoms with Crippen LogP contribution in [0.4, 0.5) is 0 Å². The van der Waals surface area contributed by atoms with Crippen molar-refractivity contribution in [2.75, 3.05) is 13.2 Å². The first-order valence-corrected chi connectivity index (χ1v) is 7.97. The van der Waals surface area contributed by atoms with Crippen molar-refractivity contribution in [1.29, 1.82) is 0 Å². The second-order valence-electron chi connectivity index (χ2n) is 7.53. The van der Waals surface area contributed by atoms with Gasteiger partial charge in [0.2, 0.25) is 0 Å². The fraction of sp³-hybridized carbons (Fsp3) is 0.667. The summed E-state index contributed by atoms with van der Waals surface area (Å²) in [5.41, 5.74) is 2.90. The summed E-state index contributed by atoms with van der Waals surface area (Å²) in [6.07, 6.45) is 5.13. The van der Waals surface area contributed by atoms with Crippen LogP contribution in [0, 0.1) is 5.41 Å². The molecule has 0 aromatic heterocycles. The van der Waals surface area contributed by atoms with Gasteiger partial charge in [0.1, 0.15) is 11.7 Å². The molecule has 20 heavy (non-hydrogen) atoms. The van der Waals surface area contributed by atoms with Gasteiger partial charge in [-0.1, -0.05) is 51.0 Å². The van der Waals surface area contributed by atoms with Crippen LogP contribution in [0.25, 0.3) is 0 Å². The third-order valence-corrected chi connectivity index (χ3v) is 5.37. The predicted molar refractivity (Wildman–Crippen MR) is 78.8 cm³/mol. The summed E-state index contributed by atoms with van der Waals surface area (Å²) in [5, 5.41) is 0. The number of benzene rings is 1. The van der Waals surface area contributed by atoms with Crippen LogP contribution < -0.4 is 0 Å². The van der Waals surface area contributed by atoms with Gasteiger partial charge in [0.15, 0.2) is 0 Å². The highest BCUT2D eigenvalue weighted by atomic mass is 16.6. The van der Waals surface area contributed by atoms with E-state index in [1.54, 1.807) is 0 Å². The van der Waals surface area contributed by atoms with Gasteiger partial charge >= 0.3 is 0 Å². The topological polar surface area (TPSA) is 18.5 Å². The van der Waals surface area contributed by atoms with E-state index >= 15 is 0 Å². The van der Waals surface area contributed by atoms with Crippen LogP contribution in [0.15, 0.2) is 24.3 Å². The van der Waals surface area contributed by atoms with Crippen LogP contribution >= 0.6 is 0 Å². The Morgan fingerprint density at radius 3 is 2.70 bits per heavy atom. The van der Waals surface area contributed by atoms with Crippen LogP contribution in [0.5, 0.6) is 0 Å². The van der Waals surface area contributed by atoms with Crippen molar-refractivity contribution < 1.29 is 9.47 Å². The first-order chi connectivity index (χ1) is 9.62. The SMILES string of the molecule is CC1(C)CO[C@@H]2c3ccccc3[C@@H]3CCCC[C@@]23OC1. The lowest BCUT2D eigenvalue weighted by atomic mass is 9.74. The van der Waals surface area contributed by atoms with Gasteiger partial charge in [0.25, 0.3) is 0 Å². The smallest absolute Gasteiger partial charge is 0.112 e. The molecule has 1 aliphatic heterocycles. The first kappa shape index (κ1) is 12.8. The molecular weight excluding hydrogens is 248 g/mol. The normalized spacial score (nSPS) is 38.5. The van der Waals surface area contributed by atoms with Gasteiger partial charge in [-0.3, -0.25) is 0 Å². The Hall–Kier alpha value is -0.860. The van der Waals surface area contributed by atoms with Crippen LogP contribution in [-0.4, -0.2) is 18.8 Å². The van der Waals surface area contributed by atoms with Crippen LogP contribution in [0.3, 0.4) is 0 Å². The minimum absolute atomic E-state index is 0.0876. The standard InChI is InChI=1S/C18H24O2/c1-17(2)11-19-16-14-8-4-3-7-13(14)15-9-5-6-10-18(15,16)20-12-17/h3-4,7-8,15-16H,5-6,9-12H2,1-2H3/t15-,16+,18-/m0/s1. The monoisotopic (exact) mass is 272 g/mol. The van der Waals surface area contributed by atoms with Gasteiger partial charge in [-0.2, -0.15) is 0 Å². The van der Waals surface area contributed by atoms with Gasteiger partial charge < -0.3 is 9.47 Å². The summed E-state index contributed by atoms with van der Waals surface area (Å²) < 4.78 is 13.0. The average molecular weight is 272 g/mol. The molecule has 1 heterocycles. The second-order valence-corrected chi connectivity index (χ2v) is 7.53. The maximum atomic E-state index is 6.59. The average Bonchev–Trinajstić information content (AvgIpc) is 2.66. The van der Waals surface area contributed by atoms with E-state index in [1.807, 2.05) is 0 Å². The quantitative estimate of drug-likeness (QED) is 0.704. The van der Waals surface area contributed by atoms with Crippen molar-refractivity contribution in [3.63, 3.8) is 0 Å². The van der Waals surface area contributed by atoms with E-state index in [-0.39, 0.29) is 17.1 Å². The van der Waals surface area contributed by atoms with E-state index in [4.69, 9.17) is 9.47 Å². The zero-order valence-corrected chi connectivity index (χ0v) is 12.5. The Morgan fingerprint density at radius 2 is 1.85 bits per heavy atom. The highest BCUT2D eigenvalue weighted by Gasteiger charge is 2.57. The van der Waals surface area contributed by atoms with E-state index < -0.39 is 0 Å². The molecular formula is C18H24O2. The number of hydrogen-bond donors (Lipinski definition) is 0. The molecule has 1 saturated heterocycles. The molecule has 4 rings (SSSR count). The molecule has 1 spiro atoms. The molecule has 0 radical (unpaired) electrons. The third kappa shape index (κ3) is 1.71. The Kier molecular flexibility index (Phi) is 2.77. The van der Waals surface area contributed by atoms with Crippen molar-refractivity contribution in [2.45, 2.75) is 57.2 Å². The van der Waals surface area contributed by atoms with E-state index in [1.165, 1.54) is 30.4 Å². The van der Waals surface area contributed by atoms with Gasteiger partial charge in [-0.05, 0) is 24.0 Å². The summed E-state index contributed by atoms with van der Waals surface area (Å²) in [4.78, 5) is 0.